The zero-order valence-corrected chi connectivity index (χ0v) is 12.6. The molecule has 1 fully saturated rings. The molecule has 1 aliphatic rings. The van der Waals surface area contributed by atoms with Crippen molar-refractivity contribution >= 4 is 17.8 Å². The maximum absolute atomic E-state index is 12.8. The number of piperidine rings is 1. The third-order valence-corrected chi connectivity index (χ3v) is 3.85. The lowest BCUT2D eigenvalue weighted by Crippen LogP contribution is -2.43. The molecule has 0 unspecified atom stereocenters. The number of aliphatic carboxylic acids is 1. The van der Waals surface area contributed by atoms with Crippen LogP contribution in [0.25, 0.3) is 0 Å². The number of amides is 2. The summed E-state index contributed by atoms with van der Waals surface area (Å²) in [5.74, 6) is -2.36. The second kappa shape index (κ2) is 7.71. The van der Waals surface area contributed by atoms with Crippen molar-refractivity contribution in [3.8, 4) is 0 Å². The molecular weight excluding hydrogens is 303 g/mol. The number of carbonyl (C=O) groups is 3. The first kappa shape index (κ1) is 16.9. The molecule has 1 saturated heterocycles. The molecule has 1 aliphatic heterocycles. The summed E-state index contributed by atoms with van der Waals surface area (Å²) in [6.45, 7) is 0.928. The number of likely N-dealkylation sites (tertiary alicyclic amines) is 1. The quantitative estimate of drug-likeness (QED) is 0.855. The number of rotatable bonds is 5. The zero-order chi connectivity index (χ0) is 16.8. The Morgan fingerprint density at radius 2 is 1.96 bits per heavy atom. The van der Waals surface area contributed by atoms with Gasteiger partial charge in [0.2, 0.25) is 5.91 Å². The summed E-state index contributed by atoms with van der Waals surface area (Å²) in [5, 5.41) is 11.6. The minimum Gasteiger partial charge on any atom is -0.481 e. The highest BCUT2D eigenvalue weighted by Gasteiger charge is 2.27. The molecule has 1 heterocycles. The Hall–Kier alpha value is -2.44. The van der Waals surface area contributed by atoms with Gasteiger partial charge in [-0.15, -0.1) is 0 Å². The molecule has 0 spiro atoms. The number of nitrogens with zero attached hydrogens (tertiary/aromatic N) is 1. The molecule has 2 amide bonds. The summed E-state index contributed by atoms with van der Waals surface area (Å²) in [7, 11) is 0. The average molecular weight is 322 g/mol. The van der Waals surface area contributed by atoms with E-state index in [0.29, 0.717) is 24.9 Å². The first-order valence-corrected chi connectivity index (χ1v) is 7.51. The van der Waals surface area contributed by atoms with Gasteiger partial charge in [0.15, 0.2) is 0 Å². The zero-order valence-electron chi connectivity index (χ0n) is 12.6. The SMILES string of the molecule is O=C(NCCC(=O)N1CCC[C@@H](C(=O)O)C1)c1ccc(F)cc1. The predicted molar refractivity (Wildman–Crippen MR) is 80.3 cm³/mol. The highest BCUT2D eigenvalue weighted by atomic mass is 19.1. The lowest BCUT2D eigenvalue weighted by atomic mass is 9.98. The van der Waals surface area contributed by atoms with Crippen molar-refractivity contribution in [3.05, 3.63) is 35.6 Å². The number of hydrogen-bond acceptors (Lipinski definition) is 3. The van der Waals surface area contributed by atoms with Crippen molar-refractivity contribution in [3.63, 3.8) is 0 Å². The van der Waals surface area contributed by atoms with Crippen LogP contribution in [-0.2, 0) is 9.59 Å². The average Bonchev–Trinajstić information content (AvgIpc) is 2.55. The molecule has 0 bridgehead atoms. The topological polar surface area (TPSA) is 86.7 Å². The number of nitrogens with one attached hydrogen (secondary N) is 1. The molecule has 1 atom stereocenters. The second-order valence-electron chi connectivity index (χ2n) is 5.53. The summed E-state index contributed by atoms with van der Waals surface area (Å²) in [5.41, 5.74) is 0.322. The minimum absolute atomic E-state index is 0.110. The van der Waals surface area contributed by atoms with Crippen LogP contribution in [0, 0.1) is 11.7 Å². The van der Waals surface area contributed by atoms with Crippen LogP contribution in [0.3, 0.4) is 0 Å². The third-order valence-electron chi connectivity index (χ3n) is 3.85. The van der Waals surface area contributed by atoms with Gasteiger partial charge in [-0.2, -0.15) is 0 Å². The van der Waals surface area contributed by atoms with Crippen LogP contribution >= 0.6 is 0 Å². The highest BCUT2D eigenvalue weighted by Crippen LogP contribution is 2.17. The Morgan fingerprint density at radius 1 is 1.26 bits per heavy atom. The Kier molecular flexibility index (Phi) is 5.67. The van der Waals surface area contributed by atoms with E-state index in [4.69, 9.17) is 5.11 Å². The van der Waals surface area contributed by atoms with Crippen LogP contribution in [0.1, 0.15) is 29.6 Å². The van der Waals surface area contributed by atoms with Crippen molar-refractivity contribution < 1.29 is 23.9 Å². The minimum atomic E-state index is -0.882. The smallest absolute Gasteiger partial charge is 0.308 e. The van der Waals surface area contributed by atoms with E-state index < -0.39 is 17.7 Å². The highest BCUT2D eigenvalue weighted by molar-refractivity contribution is 5.94. The van der Waals surface area contributed by atoms with Crippen molar-refractivity contribution in [2.75, 3.05) is 19.6 Å². The predicted octanol–water partition coefficient (Wildman–Crippen LogP) is 1.27. The van der Waals surface area contributed by atoms with E-state index in [1.54, 1.807) is 0 Å². The first-order valence-electron chi connectivity index (χ1n) is 7.51. The van der Waals surface area contributed by atoms with E-state index in [0.717, 1.165) is 0 Å². The van der Waals surface area contributed by atoms with Crippen LogP contribution in [0.4, 0.5) is 4.39 Å². The molecule has 2 rings (SSSR count). The van der Waals surface area contributed by atoms with Gasteiger partial charge in [-0.1, -0.05) is 0 Å². The number of carboxylic acid groups (broad SMARTS) is 1. The van der Waals surface area contributed by atoms with E-state index in [2.05, 4.69) is 5.32 Å². The van der Waals surface area contributed by atoms with E-state index >= 15 is 0 Å². The van der Waals surface area contributed by atoms with Gasteiger partial charge < -0.3 is 15.3 Å². The summed E-state index contributed by atoms with van der Waals surface area (Å²) in [6, 6.07) is 5.13. The van der Waals surface area contributed by atoms with Crippen molar-refractivity contribution in [1.82, 2.24) is 10.2 Å². The molecular formula is C16H19FN2O4. The second-order valence-corrected chi connectivity index (χ2v) is 5.53. The monoisotopic (exact) mass is 322 g/mol. The largest absolute Gasteiger partial charge is 0.481 e. The third kappa shape index (κ3) is 4.77. The normalized spacial score (nSPS) is 17.6. The van der Waals surface area contributed by atoms with E-state index in [1.807, 2.05) is 0 Å². The van der Waals surface area contributed by atoms with Gasteiger partial charge in [0.25, 0.3) is 5.91 Å². The summed E-state index contributed by atoms with van der Waals surface area (Å²) in [4.78, 5) is 36.4. The fourth-order valence-corrected chi connectivity index (χ4v) is 2.55. The Balaban J connectivity index is 1.77. The van der Waals surface area contributed by atoms with Crippen LogP contribution < -0.4 is 5.32 Å². The van der Waals surface area contributed by atoms with Gasteiger partial charge in [-0.25, -0.2) is 4.39 Å². The molecule has 1 aromatic rings. The molecule has 0 aromatic heterocycles. The number of halogens is 1. The summed E-state index contributed by atoms with van der Waals surface area (Å²) < 4.78 is 12.8. The van der Waals surface area contributed by atoms with Gasteiger partial charge in [0, 0.05) is 31.6 Å². The maximum Gasteiger partial charge on any atom is 0.308 e. The molecule has 0 aliphatic carbocycles. The van der Waals surface area contributed by atoms with Crippen molar-refractivity contribution in [2.24, 2.45) is 5.92 Å². The molecule has 0 saturated carbocycles. The van der Waals surface area contributed by atoms with E-state index in [1.165, 1.54) is 29.2 Å². The molecule has 6 nitrogen and oxygen atoms in total. The van der Waals surface area contributed by atoms with Gasteiger partial charge in [0.05, 0.1) is 5.92 Å². The molecule has 23 heavy (non-hydrogen) atoms. The number of hydrogen-bond donors (Lipinski definition) is 2. The standard InChI is InChI=1S/C16H19FN2O4/c17-13-5-3-11(4-6-13)15(21)18-8-7-14(20)19-9-1-2-12(10-19)16(22)23/h3-6,12H,1-2,7-10H2,(H,18,21)(H,22,23)/t12-/m1/s1. The molecule has 1 aromatic carbocycles. The van der Waals surface area contributed by atoms with Crippen LogP contribution in [0.2, 0.25) is 0 Å². The maximum atomic E-state index is 12.8. The van der Waals surface area contributed by atoms with Crippen molar-refractivity contribution in [1.29, 1.82) is 0 Å². The van der Waals surface area contributed by atoms with Crippen molar-refractivity contribution in [2.45, 2.75) is 19.3 Å². The first-order chi connectivity index (χ1) is 11.0. The van der Waals surface area contributed by atoms with E-state index in [9.17, 15) is 18.8 Å². The number of benzene rings is 1. The fourth-order valence-electron chi connectivity index (χ4n) is 2.55. The molecule has 0 radical (unpaired) electrons. The number of carbonyl (C=O) groups excluding carboxylic acids is 2. The Bertz CT molecular complexity index is 588. The Morgan fingerprint density at radius 3 is 2.61 bits per heavy atom. The Labute approximate surface area is 133 Å². The van der Waals surface area contributed by atoms with Crippen LogP contribution in [0.5, 0.6) is 0 Å². The molecule has 7 heteroatoms. The van der Waals surface area contributed by atoms with Gasteiger partial charge in [-0.3, -0.25) is 14.4 Å². The summed E-state index contributed by atoms with van der Waals surface area (Å²) in [6.07, 6.45) is 1.37. The van der Waals surface area contributed by atoms with Crippen LogP contribution in [-0.4, -0.2) is 47.4 Å². The van der Waals surface area contributed by atoms with E-state index in [-0.39, 0.29) is 31.3 Å². The summed E-state index contributed by atoms with van der Waals surface area (Å²) >= 11 is 0. The lowest BCUT2D eigenvalue weighted by molar-refractivity contribution is -0.145. The molecule has 2 N–H and O–H groups in total. The van der Waals surface area contributed by atoms with Gasteiger partial charge >= 0.3 is 5.97 Å². The van der Waals surface area contributed by atoms with Gasteiger partial charge in [-0.05, 0) is 37.1 Å². The van der Waals surface area contributed by atoms with Crippen LogP contribution in [0.15, 0.2) is 24.3 Å². The number of carboxylic acids is 1. The van der Waals surface area contributed by atoms with Gasteiger partial charge in [0.1, 0.15) is 5.82 Å². The fraction of sp³-hybridized carbons (Fsp3) is 0.438. The molecule has 124 valence electrons. The lowest BCUT2D eigenvalue weighted by Gasteiger charge is -2.30.